The van der Waals surface area contributed by atoms with Crippen molar-refractivity contribution < 1.29 is 4.79 Å². The summed E-state index contributed by atoms with van der Waals surface area (Å²) in [6.07, 6.45) is 5.27. The highest BCUT2D eigenvalue weighted by atomic mass is 16.2. The smallest absolute Gasteiger partial charge is 0.222 e. The molecule has 0 aromatic rings. The van der Waals surface area contributed by atoms with Gasteiger partial charge in [0.2, 0.25) is 5.91 Å². The molecule has 2 fully saturated rings. The van der Waals surface area contributed by atoms with Gasteiger partial charge in [-0.25, -0.2) is 0 Å². The molecular formula is C11H20N2O. The number of likely N-dealkylation sites (tertiary alicyclic amines) is 1. The molecule has 2 atom stereocenters. The highest BCUT2D eigenvalue weighted by Crippen LogP contribution is 2.24. The molecule has 1 amide bonds. The zero-order chi connectivity index (χ0) is 9.97. The van der Waals surface area contributed by atoms with Crippen LogP contribution < -0.4 is 5.32 Å². The molecule has 0 spiro atoms. The van der Waals surface area contributed by atoms with E-state index in [0.29, 0.717) is 18.0 Å². The van der Waals surface area contributed by atoms with Crippen molar-refractivity contribution in [1.29, 1.82) is 0 Å². The Morgan fingerprint density at radius 1 is 1.50 bits per heavy atom. The largest absolute Gasteiger partial charge is 0.338 e. The molecule has 1 N–H and O–H groups in total. The fourth-order valence-corrected chi connectivity index (χ4v) is 2.74. The van der Waals surface area contributed by atoms with Crippen LogP contribution in [0.4, 0.5) is 0 Å². The third-order valence-electron chi connectivity index (χ3n) is 3.41. The normalized spacial score (nSPS) is 31.6. The van der Waals surface area contributed by atoms with Crippen LogP contribution in [0.15, 0.2) is 0 Å². The van der Waals surface area contributed by atoms with E-state index in [4.69, 9.17) is 0 Å². The van der Waals surface area contributed by atoms with Crippen LogP contribution >= 0.6 is 0 Å². The molecule has 2 unspecified atom stereocenters. The lowest BCUT2D eigenvalue weighted by atomic mass is 9.97. The van der Waals surface area contributed by atoms with Gasteiger partial charge < -0.3 is 10.2 Å². The number of amides is 1. The summed E-state index contributed by atoms with van der Waals surface area (Å²) >= 11 is 0. The standard InChI is InChI=1S/C11H20N2O/c1-2-4-11(14)13-8-3-5-9-10(13)6-7-12-9/h9-10,12H,2-8H2,1H3. The van der Waals surface area contributed by atoms with Gasteiger partial charge in [-0.3, -0.25) is 4.79 Å². The van der Waals surface area contributed by atoms with E-state index in [9.17, 15) is 4.79 Å². The highest BCUT2D eigenvalue weighted by Gasteiger charge is 2.36. The second kappa shape index (κ2) is 4.30. The molecule has 0 aromatic heterocycles. The fraction of sp³-hybridized carbons (Fsp3) is 0.909. The van der Waals surface area contributed by atoms with Gasteiger partial charge in [0, 0.05) is 25.0 Å². The quantitative estimate of drug-likeness (QED) is 0.718. The van der Waals surface area contributed by atoms with Gasteiger partial charge in [0.05, 0.1) is 0 Å². The maximum absolute atomic E-state index is 11.8. The van der Waals surface area contributed by atoms with Gasteiger partial charge in [-0.05, 0) is 32.2 Å². The number of nitrogens with one attached hydrogen (secondary N) is 1. The van der Waals surface area contributed by atoms with Crippen molar-refractivity contribution in [3.63, 3.8) is 0 Å². The van der Waals surface area contributed by atoms with Gasteiger partial charge >= 0.3 is 0 Å². The molecule has 2 aliphatic heterocycles. The minimum atomic E-state index is 0.367. The van der Waals surface area contributed by atoms with Crippen molar-refractivity contribution in [3.8, 4) is 0 Å². The van der Waals surface area contributed by atoms with Crippen molar-refractivity contribution in [2.24, 2.45) is 0 Å². The van der Waals surface area contributed by atoms with Crippen LogP contribution in [0, 0.1) is 0 Å². The van der Waals surface area contributed by atoms with Gasteiger partial charge in [0.1, 0.15) is 0 Å². The maximum atomic E-state index is 11.8. The van der Waals surface area contributed by atoms with E-state index in [0.717, 1.165) is 32.4 Å². The third kappa shape index (κ3) is 1.78. The number of nitrogens with zero attached hydrogens (tertiary/aromatic N) is 1. The van der Waals surface area contributed by atoms with Crippen LogP contribution in [0.1, 0.15) is 39.0 Å². The zero-order valence-corrected chi connectivity index (χ0v) is 8.96. The van der Waals surface area contributed by atoms with E-state index >= 15 is 0 Å². The Balaban J connectivity index is 1.99. The average molecular weight is 196 g/mol. The van der Waals surface area contributed by atoms with Crippen LogP contribution in [-0.4, -0.2) is 36.0 Å². The highest BCUT2D eigenvalue weighted by molar-refractivity contribution is 5.76. The van der Waals surface area contributed by atoms with E-state index < -0.39 is 0 Å². The molecule has 0 bridgehead atoms. The summed E-state index contributed by atoms with van der Waals surface area (Å²) in [5, 5.41) is 3.49. The van der Waals surface area contributed by atoms with E-state index in [2.05, 4.69) is 17.1 Å². The molecule has 0 aromatic carbocycles. The Kier molecular flexibility index (Phi) is 3.06. The number of hydrogen-bond donors (Lipinski definition) is 1. The topological polar surface area (TPSA) is 32.3 Å². The first kappa shape index (κ1) is 9.97. The number of fused-ring (bicyclic) bond motifs is 1. The number of carbonyl (C=O) groups is 1. The zero-order valence-electron chi connectivity index (χ0n) is 8.96. The molecule has 3 nitrogen and oxygen atoms in total. The predicted octanol–water partition coefficient (Wildman–Crippen LogP) is 1.14. The summed E-state index contributed by atoms with van der Waals surface area (Å²) in [6.45, 7) is 4.15. The van der Waals surface area contributed by atoms with Crippen molar-refractivity contribution in [1.82, 2.24) is 10.2 Å². The van der Waals surface area contributed by atoms with Crippen molar-refractivity contribution >= 4 is 5.91 Å². The Morgan fingerprint density at radius 3 is 3.14 bits per heavy atom. The minimum absolute atomic E-state index is 0.367. The number of piperidine rings is 1. The first-order chi connectivity index (χ1) is 6.83. The molecule has 14 heavy (non-hydrogen) atoms. The van der Waals surface area contributed by atoms with Crippen molar-refractivity contribution in [3.05, 3.63) is 0 Å². The third-order valence-corrected chi connectivity index (χ3v) is 3.41. The predicted molar refractivity (Wildman–Crippen MR) is 56.1 cm³/mol. The van der Waals surface area contributed by atoms with E-state index in [1.165, 1.54) is 12.8 Å². The Morgan fingerprint density at radius 2 is 2.36 bits per heavy atom. The Hall–Kier alpha value is -0.570. The van der Waals surface area contributed by atoms with E-state index in [1.807, 2.05) is 0 Å². The van der Waals surface area contributed by atoms with E-state index in [-0.39, 0.29) is 0 Å². The maximum Gasteiger partial charge on any atom is 0.222 e. The van der Waals surface area contributed by atoms with Gasteiger partial charge in [-0.1, -0.05) is 6.92 Å². The summed E-state index contributed by atoms with van der Waals surface area (Å²) in [5.74, 6) is 0.367. The molecule has 0 aliphatic carbocycles. The summed E-state index contributed by atoms with van der Waals surface area (Å²) < 4.78 is 0. The fourth-order valence-electron chi connectivity index (χ4n) is 2.74. The average Bonchev–Trinajstić information content (AvgIpc) is 2.65. The summed E-state index contributed by atoms with van der Waals surface area (Å²) in [7, 11) is 0. The van der Waals surface area contributed by atoms with Crippen molar-refractivity contribution in [2.45, 2.75) is 51.1 Å². The lowest BCUT2D eigenvalue weighted by Gasteiger charge is -2.37. The minimum Gasteiger partial charge on any atom is -0.338 e. The number of hydrogen-bond acceptors (Lipinski definition) is 2. The number of carbonyl (C=O) groups excluding carboxylic acids is 1. The van der Waals surface area contributed by atoms with Crippen LogP contribution in [0.5, 0.6) is 0 Å². The molecular weight excluding hydrogens is 176 g/mol. The molecule has 2 heterocycles. The summed E-state index contributed by atoms with van der Waals surface area (Å²) in [5.41, 5.74) is 0. The molecule has 80 valence electrons. The summed E-state index contributed by atoms with van der Waals surface area (Å²) in [6, 6.07) is 1.09. The second-order valence-corrected chi connectivity index (χ2v) is 4.40. The first-order valence-electron chi connectivity index (χ1n) is 5.85. The molecule has 2 saturated heterocycles. The van der Waals surface area contributed by atoms with Crippen molar-refractivity contribution in [2.75, 3.05) is 13.1 Å². The van der Waals surface area contributed by atoms with E-state index in [1.54, 1.807) is 0 Å². The van der Waals surface area contributed by atoms with Gasteiger partial charge in [0.15, 0.2) is 0 Å². The van der Waals surface area contributed by atoms with Gasteiger partial charge in [0.25, 0.3) is 0 Å². The lowest BCUT2D eigenvalue weighted by molar-refractivity contribution is -0.135. The molecule has 0 saturated carbocycles. The van der Waals surface area contributed by atoms with Crippen LogP contribution in [-0.2, 0) is 4.79 Å². The Labute approximate surface area is 85.8 Å². The van der Waals surface area contributed by atoms with Gasteiger partial charge in [-0.15, -0.1) is 0 Å². The molecule has 3 heteroatoms. The second-order valence-electron chi connectivity index (χ2n) is 4.40. The SMILES string of the molecule is CCCC(=O)N1CCCC2NCCC21. The van der Waals surface area contributed by atoms with Crippen LogP contribution in [0.2, 0.25) is 0 Å². The molecule has 2 aliphatic rings. The number of rotatable bonds is 2. The molecule has 0 radical (unpaired) electrons. The van der Waals surface area contributed by atoms with Gasteiger partial charge in [-0.2, -0.15) is 0 Å². The monoisotopic (exact) mass is 196 g/mol. The van der Waals surface area contributed by atoms with Crippen LogP contribution in [0.25, 0.3) is 0 Å². The first-order valence-corrected chi connectivity index (χ1v) is 5.85. The summed E-state index contributed by atoms with van der Waals surface area (Å²) in [4.78, 5) is 14.0. The Bertz CT molecular complexity index is 217. The van der Waals surface area contributed by atoms with Crippen LogP contribution in [0.3, 0.4) is 0 Å². The lowest BCUT2D eigenvalue weighted by Crippen LogP contribution is -2.50. The molecule has 2 rings (SSSR count).